The molecule has 0 spiro atoms. The second-order valence-electron chi connectivity index (χ2n) is 1.75. The van der Waals surface area contributed by atoms with Gasteiger partial charge in [-0.25, -0.2) is 4.98 Å². The molecule has 1 heterocycles. The molecule has 10 heavy (non-hydrogen) atoms. The first kappa shape index (κ1) is 7.15. The number of hydrogen-bond donors (Lipinski definition) is 1. The fourth-order valence-corrected chi connectivity index (χ4v) is 1.24. The van der Waals surface area contributed by atoms with Crippen molar-refractivity contribution in [3.05, 3.63) is 22.2 Å². The second-order valence-corrected chi connectivity index (χ2v) is 2.63. The third-order valence-electron chi connectivity index (χ3n) is 1.08. The quantitative estimate of drug-likeness (QED) is 0.648. The highest BCUT2D eigenvalue weighted by Crippen LogP contribution is 2.11. The molecule has 0 aliphatic rings. The van der Waals surface area contributed by atoms with Gasteiger partial charge in [0.2, 0.25) is 0 Å². The van der Waals surface area contributed by atoms with Crippen LogP contribution in [-0.4, -0.2) is 11.2 Å². The van der Waals surface area contributed by atoms with Crippen LogP contribution in [0.15, 0.2) is 11.6 Å². The van der Waals surface area contributed by atoms with Gasteiger partial charge in [0.15, 0.2) is 0 Å². The zero-order valence-electron chi connectivity index (χ0n) is 5.66. The van der Waals surface area contributed by atoms with Crippen LogP contribution >= 0.6 is 11.3 Å². The lowest BCUT2D eigenvalue weighted by Crippen LogP contribution is -1.77. The van der Waals surface area contributed by atoms with E-state index in [1.54, 1.807) is 5.51 Å². The normalized spacial score (nSPS) is 10.5. The van der Waals surface area contributed by atoms with E-state index < -0.39 is 0 Å². The molecule has 1 N–H and O–H groups in total. The van der Waals surface area contributed by atoms with Crippen molar-refractivity contribution >= 4 is 23.6 Å². The summed E-state index contributed by atoms with van der Waals surface area (Å²) < 4.78 is 0. The Bertz CT molecular complexity index is 250. The Hall–Kier alpha value is -0.960. The molecule has 0 aliphatic heterocycles. The number of nitrogens with zero attached hydrogens (tertiary/aromatic N) is 1. The molecular weight excluding hydrogens is 144 g/mol. The highest BCUT2D eigenvalue weighted by atomic mass is 32.1. The van der Waals surface area contributed by atoms with Crippen molar-refractivity contribution < 1.29 is 0 Å². The van der Waals surface area contributed by atoms with E-state index in [9.17, 15) is 0 Å². The average Bonchev–Trinajstić information content (AvgIpc) is 2.36. The molecule has 3 heteroatoms. The maximum absolute atomic E-state index is 6.99. The van der Waals surface area contributed by atoms with Gasteiger partial charge in [0, 0.05) is 6.21 Å². The summed E-state index contributed by atoms with van der Waals surface area (Å²) in [5.74, 6) is 0. The van der Waals surface area contributed by atoms with Gasteiger partial charge < -0.3 is 5.41 Å². The van der Waals surface area contributed by atoms with Gasteiger partial charge in [-0.05, 0) is 13.0 Å². The molecule has 0 atom stereocenters. The molecular formula is C7H8N2S. The van der Waals surface area contributed by atoms with Crippen LogP contribution in [0.1, 0.15) is 17.5 Å². The second kappa shape index (κ2) is 3.27. The Morgan fingerprint density at radius 1 is 1.70 bits per heavy atom. The van der Waals surface area contributed by atoms with Crippen LogP contribution in [0.25, 0.3) is 6.08 Å². The minimum atomic E-state index is 0.891. The van der Waals surface area contributed by atoms with Crippen LogP contribution in [0.3, 0.4) is 0 Å². The number of hydrogen-bond acceptors (Lipinski definition) is 3. The van der Waals surface area contributed by atoms with E-state index in [1.807, 2.05) is 19.1 Å². The fourth-order valence-electron chi connectivity index (χ4n) is 0.655. The molecule has 0 radical (unpaired) electrons. The number of thiazole rings is 1. The number of rotatable bonds is 2. The van der Waals surface area contributed by atoms with Crippen LogP contribution in [-0.2, 0) is 0 Å². The van der Waals surface area contributed by atoms with E-state index in [0.29, 0.717) is 0 Å². The molecule has 0 bridgehead atoms. The summed E-state index contributed by atoms with van der Waals surface area (Å²) in [5, 5.41) is 6.99. The van der Waals surface area contributed by atoms with E-state index >= 15 is 0 Å². The fraction of sp³-hybridized carbons (Fsp3) is 0.143. The Kier molecular flexibility index (Phi) is 2.34. The lowest BCUT2D eigenvalue weighted by molar-refractivity contribution is 1.37. The molecule has 0 unspecified atom stereocenters. The van der Waals surface area contributed by atoms with Gasteiger partial charge in [0.25, 0.3) is 0 Å². The maximum atomic E-state index is 6.99. The van der Waals surface area contributed by atoms with Gasteiger partial charge >= 0.3 is 0 Å². The van der Waals surface area contributed by atoms with Crippen LogP contribution in [0.5, 0.6) is 0 Å². The lowest BCUT2D eigenvalue weighted by atomic mass is 10.3. The van der Waals surface area contributed by atoms with Gasteiger partial charge in [0.1, 0.15) is 0 Å². The van der Waals surface area contributed by atoms with Crippen molar-refractivity contribution in [3.8, 4) is 0 Å². The van der Waals surface area contributed by atoms with E-state index in [-0.39, 0.29) is 0 Å². The zero-order valence-corrected chi connectivity index (χ0v) is 6.48. The van der Waals surface area contributed by atoms with Crippen molar-refractivity contribution in [3.63, 3.8) is 0 Å². The summed E-state index contributed by atoms with van der Waals surface area (Å²) in [6.07, 6.45) is 5.14. The lowest BCUT2D eigenvalue weighted by Gasteiger charge is -1.83. The first-order valence-electron chi connectivity index (χ1n) is 2.95. The highest BCUT2D eigenvalue weighted by Gasteiger charge is 1.96. The number of aromatic nitrogens is 1. The van der Waals surface area contributed by atoms with Crippen LogP contribution in [0.4, 0.5) is 0 Å². The van der Waals surface area contributed by atoms with Crippen LogP contribution in [0.2, 0.25) is 0 Å². The highest BCUT2D eigenvalue weighted by molar-refractivity contribution is 7.11. The molecule has 52 valence electrons. The van der Waals surface area contributed by atoms with Gasteiger partial charge in [-0.1, -0.05) is 6.08 Å². The summed E-state index contributed by atoms with van der Waals surface area (Å²) in [7, 11) is 0. The number of nitrogens with one attached hydrogen (secondary N) is 1. The van der Waals surface area contributed by atoms with Crippen molar-refractivity contribution in [1.82, 2.24) is 4.98 Å². The van der Waals surface area contributed by atoms with Gasteiger partial charge in [0.05, 0.1) is 16.1 Å². The average molecular weight is 152 g/mol. The largest absolute Gasteiger partial charge is 0.307 e. The molecule has 1 aromatic heterocycles. The minimum Gasteiger partial charge on any atom is -0.307 e. The summed E-state index contributed by atoms with van der Waals surface area (Å²) in [6, 6.07) is 0. The SMILES string of the molecule is C/C=C\c1ncsc1C=N. The summed E-state index contributed by atoms with van der Waals surface area (Å²) in [6.45, 7) is 1.94. The maximum Gasteiger partial charge on any atom is 0.0824 e. The van der Waals surface area contributed by atoms with E-state index in [1.165, 1.54) is 17.6 Å². The predicted octanol–water partition coefficient (Wildman–Crippen LogP) is 2.17. The van der Waals surface area contributed by atoms with Crippen LogP contribution < -0.4 is 0 Å². The molecule has 0 amide bonds. The third-order valence-corrected chi connectivity index (χ3v) is 1.87. The zero-order chi connectivity index (χ0) is 7.40. The van der Waals surface area contributed by atoms with Crippen molar-refractivity contribution in [2.45, 2.75) is 6.92 Å². The molecule has 1 aromatic rings. The Labute approximate surface area is 63.7 Å². The molecule has 0 saturated heterocycles. The summed E-state index contributed by atoms with van der Waals surface area (Å²) in [5.41, 5.74) is 2.64. The first-order chi connectivity index (χ1) is 4.88. The van der Waals surface area contributed by atoms with Gasteiger partial charge in [-0.3, -0.25) is 0 Å². The van der Waals surface area contributed by atoms with E-state index in [4.69, 9.17) is 5.41 Å². The van der Waals surface area contributed by atoms with Gasteiger partial charge in [-0.2, -0.15) is 0 Å². The summed E-state index contributed by atoms with van der Waals surface area (Å²) >= 11 is 1.48. The topological polar surface area (TPSA) is 36.7 Å². The van der Waals surface area contributed by atoms with Crippen molar-refractivity contribution in [1.29, 1.82) is 5.41 Å². The molecule has 0 aliphatic carbocycles. The third kappa shape index (κ3) is 1.30. The van der Waals surface area contributed by atoms with E-state index in [2.05, 4.69) is 4.98 Å². The Morgan fingerprint density at radius 3 is 3.10 bits per heavy atom. The predicted molar refractivity (Wildman–Crippen MR) is 44.7 cm³/mol. The van der Waals surface area contributed by atoms with Gasteiger partial charge in [-0.15, -0.1) is 11.3 Å². The minimum absolute atomic E-state index is 0.891. The molecule has 0 aromatic carbocycles. The Balaban J connectivity index is 3.00. The standard InChI is InChI=1S/C7H8N2S/c1-2-3-6-7(4-8)10-5-9-6/h2-5,8H,1H3/b3-2-,8-4?. The smallest absolute Gasteiger partial charge is 0.0824 e. The van der Waals surface area contributed by atoms with Crippen LogP contribution in [0, 0.1) is 5.41 Å². The molecule has 2 nitrogen and oxygen atoms in total. The summed E-state index contributed by atoms with van der Waals surface area (Å²) in [4.78, 5) is 4.97. The van der Waals surface area contributed by atoms with E-state index in [0.717, 1.165) is 10.6 Å². The molecule has 0 fully saturated rings. The Morgan fingerprint density at radius 2 is 2.50 bits per heavy atom. The van der Waals surface area contributed by atoms with Crippen molar-refractivity contribution in [2.75, 3.05) is 0 Å². The monoisotopic (exact) mass is 152 g/mol. The van der Waals surface area contributed by atoms with Crippen molar-refractivity contribution in [2.24, 2.45) is 0 Å². The molecule has 1 rings (SSSR count). The molecule has 0 saturated carbocycles. The number of allylic oxidation sites excluding steroid dienone is 1. The first-order valence-corrected chi connectivity index (χ1v) is 3.83.